The van der Waals surface area contributed by atoms with Gasteiger partial charge in [-0.15, -0.1) is 11.8 Å². The van der Waals surface area contributed by atoms with Crippen LogP contribution in [-0.4, -0.2) is 29.7 Å². The van der Waals surface area contributed by atoms with Crippen molar-refractivity contribution in [2.24, 2.45) is 0 Å². The lowest BCUT2D eigenvalue weighted by Crippen LogP contribution is -2.41. The number of halogens is 1. The van der Waals surface area contributed by atoms with Crippen LogP contribution >= 0.6 is 23.4 Å². The van der Waals surface area contributed by atoms with E-state index in [1.54, 1.807) is 48.2 Å². The van der Waals surface area contributed by atoms with Crippen LogP contribution in [0.15, 0.2) is 53.4 Å². The van der Waals surface area contributed by atoms with Crippen molar-refractivity contribution in [1.29, 1.82) is 0 Å². The molecular formula is C18H19ClN2O3S. The van der Waals surface area contributed by atoms with E-state index in [-0.39, 0.29) is 13.1 Å². The summed E-state index contributed by atoms with van der Waals surface area (Å²) in [6.45, 7) is 0.113. The summed E-state index contributed by atoms with van der Waals surface area (Å²) in [5, 5.41) is 15.5. The molecule has 1 atom stereocenters. The van der Waals surface area contributed by atoms with Gasteiger partial charge in [-0.2, -0.15) is 0 Å². The van der Waals surface area contributed by atoms with Gasteiger partial charge in [-0.25, -0.2) is 0 Å². The standard InChI is InChI=1S/C18H19ClN2O3S/c1-25-14-8-6-12(7-9-14)16(22)11-21-18(24)17(23)20-10-13-4-2-3-5-15(13)19/h2-9,16,22H,10-11H2,1H3,(H,20,23)(H,21,24). The summed E-state index contributed by atoms with van der Waals surface area (Å²) in [5.74, 6) is -1.57. The summed E-state index contributed by atoms with van der Waals surface area (Å²) in [7, 11) is 0. The van der Waals surface area contributed by atoms with Crippen molar-refractivity contribution in [2.75, 3.05) is 12.8 Å². The number of benzene rings is 2. The fourth-order valence-electron chi connectivity index (χ4n) is 2.11. The molecular weight excluding hydrogens is 360 g/mol. The van der Waals surface area contributed by atoms with Gasteiger partial charge in [0.25, 0.3) is 0 Å². The Morgan fingerprint density at radius 1 is 1.08 bits per heavy atom. The molecule has 0 aliphatic heterocycles. The summed E-state index contributed by atoms with van der Waals surface area (Å²) < 4.78 is 0. The molecule has 3 N–H and O–H groups in total. The first-order chi connectivity index (χ1) is 12.0. The first-order valence-electron chi connectivity index (χ1n) is 7.62. The van der Waals surface area contributed by atoms with Gasteiger partial charge in [-0.1, -0.05) is 41.9 Å². The normalized spacial score (nSPS) is 11.6. The predicted octanol–water partition coefficient (Wildman–Crippen LogP) is 2.53. The molecule has 2 rings (SSSR count). The molecule has 0 heterocycles. The molecule has 5 nitrogen and oxygen atoms in total. The number of amides is 2. The van der Waals surface area contributed by atoms with E-state index in [2.05, 4.69) is 10.6 Å². The second-order valence-electron chi connectivity index (χ2n) is 5.27. The number of rotatable bonds is 6. The maximum absolute atomic E-state index is 11.8. The molecule has 0 aliphatic carbocycles. The molecule has 0 saturated heterocycles. The molecule has 25 heavy (non-hydrogen) atoms. The summed E-state index contributed by atoms with van der Waals surface area (Å²) in [5.41, 5.74) is 1.40. The van der Waals surface area contributed by atoms with Gasteiger partial charge >= 0.3 is 11.8 Å². The van der Waals surface area contributed by atoms with E-state index in [0.29, 0.717) is 10.6 Å². The highest BCUT2D eigenvalue weighted by Crippen LogP contribution is 2.18. The molecule has 0 fully saturated rings. The van der Waals surface area contributed by atoms with Crippen molar-refractivity contribution < 1.29 is 14.7 Å². The number of carbonyl (C=O) groups excluding carboxylic acids is 2. The number of aliphatic hydroxyl groups is 1. The number of nitrogens with one attached hydrogen (secondary N) is 2. The smallest absolute Gasteiger partial charge is 0.309 e. The predicted molar refractivity (Wildman–Crippen MR) is 99.5 cm³/mol. The largest absolute Gasteiger partial charge is 0.387 e. The van der Waals surface area contributed by atoms with Crippen LogP contribution < -0.4 is 10.6 Å². The molecule has 7 heteroatoms. The summed E-state index contributed by atoms with van der Waals surface area (Å²) in [6, 6.07) is 14.4. The van der Waals surface area contributed by atoms with Crippen LogP contribution in [0.1, 0.15) is 17.2 Å². The third kappa shape index (κ3) is 5.77. The quantitative estimate of drug-likeness (QED) is 0.533. The van der Waals surface area contributed by atoms with Crippen LogP contribution in [0.2, 0.25) is 5.02 Å². The Hall–Kier alpha value is -2.02. The molecule has 2 amide bonds. The fourth-order valence-corrected chi connectivity index (χ4v) is 2.72. The molecule has 2 aromatic carbocycles. The second kappa shape index (κ2) is 9.46. The second-order valence-corrected chi connectivity index (χ2v) is 6.56. The molecule has 0 spiro atoms. The van der Waals surface area contributed by atoms with E-state index in [4.69, 9.17) is 11.6 Å². The van der Waals surface area contributed by atoms with Crippen molar-refractivity contribution in [1.82, 2.24) is 10.6 Å². The molecule has 0 aromatic heterocycles. The van der Waals surface area contributed by atoms with Crippen molar-refractivity contribution in [3.63, 3.8) is 0 Å². The van der Waals surface area contributed by atoms with Gasteiger partial charge in [0.15, 0.2) is 0 Å². The Labute approximate surface area is 155 Å². The van der Waals surface area contributed by atoms with Crippen LogP contribution in [0.3, 0.4) is 0 Å². The van der Waals surface area contributed by atoms with E-state index in [0.717, 1.165) is 10.5 Å². The van der Waals surface area contributed by atoms with Gasteiger partial charge in [0.05, 0.1) is 6.10 Å². The zero-order valence-corrected chi connectivity index (χ0v) is 15.2. The topological polar surface area (TPSA) is 78.4 Å². The Morgan fingerprint density at radius 2 is 1.72 bits per heavy atom. The SMILES string of the molecule is CSc1ccc(C(O)CNC(=O)C(=O)NCc2ccccc2Cl)cc1. The number of hydrogen-bond donors (Lipinski definition) is 3. The van der Waals surface area contributed by atoms with Crippen LogP contribution in [-0.2, 0) is 16.1 Å². The van der Waals surface area contributed by atoms with E-state index in [9.17, 15) is 14.7 Å². The van der Waals surface area contributed by atoms with Crippen molar-refractivity contribution in [2.45, 2.75) is 17.5 Å². The van der Waals surface area contributed by atoms with Gasteiger partial charge in [-0.3, -0.25) is 9.59 Å². The molecule has 0 radical (unpaired) electrons. The van der Waals surface area contributed by atoms with Gasteiger partial charge in [0.1, 0.15) is 0 Å². The lowest BCUT2D eigenvalue weighted by Gasteiger charge is -2.13. The van der Waals surface area contributed by atoms with Crippen LogP contribution in [0.25, 0.3) is 0 Å². The van der Waals surface area contributed by atoms with E-state index >= 15 is 0 Å². The van der Waals surface area contributed by atoms with Gasteiger partial charge < -0.3 is 15.7 Å². The minimum Gasteiger partial charge on any atom is -0.387 e. The number of thioether (sulfide) groups is 1. The average molecular weight is 379 g/mol. The van der Waals surface area contributed by atoms with Gasteiger partial charge in [-0.05, 0) is 35.6 Å². The molecule has 1 unspecified atom stereocenters. The third-order valence-corrected chi connectivity index (χ3v) is 4.67. The van der Waals surface area contributed by atoms with Crippen LogP contribution in [0.4, 0.5) is 0 Å². The number of hydrogen-bond acceptors (Lipinski definition) is 4. The highest BCUT2D eigenvalue weighted by Gasteiger charge is 2.16. The minimum absolute atomic E-state index is 0.0447. The minimum atomic E-state index is -0.878. The number of aliphatic hydroxyl groups excluding tert-OH is 1. The maximum atomic E-state index is 11.8. The highest BCUT2D eigenvalue weighted by molar-refractivity contribution is 7.98. The summed E-state index contributed by atoms with van der Waals surface area (Å²) in [4.78, 5) is 24.7. The maximum Gasteiger partial charge on any atom is 0.309 e. The van der Waals surface area contributed by atoms with Crippen molar-refractivity contribution >= 4 is 35.2 Å². The average Bonchev–Trinajstić information content (AvgIpc) is 2.65. The molecule has 132 valence electrons. The Balaban J connectivity index is 1.80. The zero-order chi connectivity index (χ0) is 18.2. The third-order valence-electron chi connectivity index (χ3n) is 3.56. The monoisotopic (exact) mass is 378 g/mol. The Bertz CT molecular complexity index is 737. The van der Waals surface area contributed by atoms with Crippen molar-refractivity contribution in [3.05, 3.63) is 64.7 Å². The Morgan fingerprint density at radius 3 is 2.36 bits per heavy atom. The van der Waals surface area contributed by atoms with E-state index < -0.39 is 17.9 Å². The van der Waals surface area contributed by atoms with Crippen LogP contribution in [0, 0.1) is 0 Å². The zero-order valence-electron chi connectivity index (χ0n) is 13.7. The highest BCUT2D eigenvalue weighted by atomic mass is 35.5. The van der Waals surface area contributed by atoms with Gasteiger partial charge in [0.2, 0.25) is 0 Å². The molecule has 0 saturated carbocycles. The summed E-state index contributed by atoms with van der Waals surface area (Å²) in [6.07, 6.45) is 1.09. The van der Waals surface area contributed by atoms with Gasteiger partial charge in [0, 0.05) is 23.0 Å². The Kier molecular flexibility index (Phi) is 7.31. The lowest BCUT2D eigenvalue weighted by atomic mass is 10.1. The van der Waals surface area contributed by atoms with E-state index in [1.807, 2.05) is 18.4 Å². The van der Waals surface area contributed by atoms with Crippen LogP contribution in [0.5, 0.6) is 0 Å². The fraction of sp³-hybridized carbons (Fsp3) is 0.222. The van der Waals surface area contributed by atoms with Crippen molar-refractivity contribution in [3.8, 4) is 0 Å². The lowest BCUT2D eigenvalue weighted by molar-refractivity contribution is -0.139. The first kappa shape index (κ1) is 19.3. The molecule has 2 aromatic rings. The number of carbonyl (C=O) groups is 2. The molecule has 0 aliphatic rings. The van der Waals surface area contributed by atoms with E-state index in [1.165, 1.54) is 0 Å². The summed E-state index contributed by atoms with van der Waals surface area (Å²) >= 11 is 7.60. The molecule has 0 bridgehead atoms. The first-order valence-corrected chi connectivity index (χ1v) is 9.23.